The number of hydrogen-bond donors (Lipinski definition) is 0. The van der Waals surface area contributed by atoms with Crippen molar-refractivity contribution < 1.29 is 14.3 Å². The maximum atomic E-state index is 13.0. The largest absolute Gasteiger partial charge is 0.460 e. The molecule has 138 valence electrons. The van der Waals surface area contributed by atoms with E-state index in [4.69, 9.17) is 4.74 Å². The zero-order valence-corrected chi connectivity index (χ0v) is 16.0. The Morgan fingerprint density at radius 1 is 1.12 bits per heavy atom. The first-order valence-electron chi connectivity index (χ1n) is 8.92. The SMILES string of the molecule is CN(C)[C@@H](C(=O)N1CCC(C(=O)OC(C)(C)C)CC1)c1ccccc1. The zero-order chi connectivity index (χ0) is 18.6. The van der Waals surface area contributed by atoms with E-state index in [0.717, 1.165) is 5.56 Å². The maximum Gasteiger partial charge on any atom is 0.309 e. The first-order valence-corrected chi connectivity index (χ1v) is 8.92. The van der Waals surface area contributed by atoms with Gasteiger partial charge in [0.2, 0.25) is 5.91 Å². The minimum Gasteiger partial charge on any atom is -0.460 e. The number of esters is 1. The van der Waals surface area contributed by atoms with Gasteiger partial charge in [-0.3, -0.25) is 14.5 Å². The number of hydrogen-bond acceptors (Lipinski definition) is 4. The number of likely N-dealkylation sites (N-methyl/N-ethyl adjacent to an activating group) is 1. The van der Waals surface area contributed by atoms with Gasteiger partial charge in [-0.05, 0) is 53.3 Å². The van der Waals surface area contributed by atoms with Gasteiger partial charge < -0.3 is 9.64 Å². The van der Waals surface area contributed by atoms with Crippen molar-refractivity contribution in [3.05, 3.63) is 35.9 Å². The lowest BCUT2D eigenvalue weighted by molar-refractivity contribution is -0.162. The summed E-state index contributed by atoms with van der Waals surface area (Å²) in [6.07, 6.45) is 1.32. The summed E-state index contributed by atoms with van der Waals surface area (Å²) in [7, 11) is 3.84. The average molecular weight is 346 g/mol. The molecule has 1 atom stereocenters. The number of amides is 1. The van der Waals surface area contributed by atoms with E-state index in [1.54, 1.807) is 0 Å². The van der Waals surface area contributed by atoms with Crippen LogP contribution in [0.15, 0.2) is 30.3 Å². The van der Waals surface area contributed by atoms with E-state index in [1.807, 2.05) is 75.0 Å². The molecule has 0 aromatic heterocycles. The van der Waals surface area contributed by atoms with E-state index in [9.17, 15) is 9.59 Å². The van der Waals surface area contributed by atoms with Gasteiger partial charge in [-0.15, -0.1) is 0 Å². The van der Waals surface area contributed by atoms with Crippen molar-refractivity contribution >= 4 is 11.9 Å². The molecule has 0 aliphatic carbocycles. The maximum absolute atomic E-state index is 13.0. The summed E-state index contributed by atoms with van der Waals surface area (Å²) in [5.41, 5.74) is 0.527. The van der Waals surface area contributed by atoms with Crippen LogP contribution < -0.4 is 0 Å². The summed E-state index contributed by atoms with van der Waals surface area (Å²) in [6.45, 7) is 6.83. The fourth-order valence-electron chi connectivity index (χ4n) is 3.19. The highest BCUT2D eigenvalue weighted by Gasteiger charge is 2.34. The molecule has 5 nitrogen and oxygen atoms in total. The van der Waals surface area contributed by atoms with Gasteiger partial charge in [-0.2, -0.15) is 0 Å². The van der Waals surface area contributed by atoms with Crippen LogP contribution in [0.5, 0.6) is 0 Å². The summed E-state index contributed by atoms with van der Waals surface area (Å²) in [5, 5.41) is 0. The number of nitrogens with zero attached hydrogens (tertiary/aromatic N) is 2. The predicted octanol–water partition coefficient (Wildman–Crippen LogP) is 2.87. The second-order valence-corrected chi connectivity index (χ2v) is 7.91. The molecule has 1 amide bonds. The van der Waals surface area contributed by atoms with E-state index >= 15 is 0 Å². The summed E-state index contributed by atoms with van der Waals surface area (Å²) < 4.78 is 5.48. The molecule has 1 heterocycles. The van der Waals surface area contributed by atoms with E-state index in [1.165, 1.54) is 0 Å². The molecule has 0 bridgehead atoms. The van der Waals surface area contributed by atoms with Crippen molar-refractivity contribution in [2.45, 2.75) is 45.3 Å². The molecule has 0 saturated carbocycles. The molecule has 1 aliphatic heterocycles. The monoisotopic (exact) mass is 346 g/mol. The lowest BCUT2D eigenvalue weighted by Crippen LogP contribution is -2.46. The second kappa shape index (κ2) is 8.00. The highest BCUT2D eigenvalue weighted by atomic mass is 16.6. The van der Waals surface area contributed by atoms with Gasteiger partial charge >= 0.3 is 5.97 Å². The lowest BCUT2D eigenvalue weighted by atomic mass is 9.95. The molecule has 0 radical (unpaired) electrons. The fraction of sp³-hybridized carbons (Fsp3) is 0.600. The Hall–Kier alpha value is -1.88. The number of piperidine rings is 1. The molecule has 1 saturated heterocycles. The molecule has 1 aromatic rings. The van der Waals surface area contributed by atoms with E-state index < -0.39 is 5.60 Å². The number of carbonyl (C=O) groups excluding carboxylic acids is 2. The van der Waals surface area contributed by atoms with Crippen LogP contribution >= 0.6 is 0 Å². The highest BCUT2D eigenvalue weighted by Crippen LogP contribution is 2.26. The number of carbonyl (C=O) groups is 2. The van der Waals surface area contributed by atoms with Gasteiger partial charge in [0, 0.05) is 13.1 Å². The number of likely N-dealkylation sites (tertiary alicyclic amines) is 1. The van der Waals surface area contributed by atoms with Crippen molar-refractivity contribution in [2.75, 3.05) is 27.2 Å². The van der Waals surface area contributed by atoms with E-state index in [0.29, 0.717) is 25.9 Å². The van der Waals surface area contributed by atoms with Crippen LogP contribution in [0.25, 0.3) is 0 Å². The normalized spacial score (nSPS) is 17.4. The van der Waals surface area contributed by atoms with Gasteiger partial charge in [0.05, 0.1) is 5.92 Å². The van der Waals surface area contributed by atoms with Gasteiger partial charge in [0.1, 0.15) is 11.6 Å². The number of ether oxygens (including phenoxy) is 1. The van der Waals surface area contributed by atoms with Crippen molar-refractivity contribution in [2.24, 2.45) is 5.92 Å². The molecule has 1 fully saturated rings. The van der Waals surface area contributed by atoms with Crippen LogP contribution in [0.4, 0.5) is 0 Å². The van der Waals surface area contributed by atoms with Crippen LogP contribution in [0, 0.1) is 5.92 Å². The molecule has 25 heavy (non-hydrogen) atoms. The Bertz CT molecular complexity index is 585. The van der Waals surface area contributed by atoms with Crippen LogP contribution in [-0.2, 0) is 14.3 Å². The minimum absolute atomic E-state index is 0.0961. The summed E-state index contributed by atoms with van der Waals surface area (Å²) >= 11 is 0. The first-order chi connectivity index (χ1) is 11.7. The molecule has 2 rings (SSSR count). The number of benzene rings is 1. The third kappa shape index (κ3) is 5.30. The van der Waals surface area contributed by atoms with Gasteiger partial charge in [0.15, 0.2) is 0 Å². The lowest BCUT2D eigenvalue weighted by Gasteiger charge is -2.36. The van der Waals surface area contributed by atoms with Gasteiger partial charge in [-0.1, -0.05) is 30.3 Å². The molecule has 1 aromatic carbocycles. The van der Waals surface area contributed by atoms with Crippen LogP contribution in [-0.4, -0.2) is 54.5 Å². The average Bonchev–Trinajstić information content (AvgIpc) is 2.54. The van der Waals surface area contributed by atoms with Gasteiger partial charge in [-0.25, -0.2) is 0 Å². The van der Waals surface area contributed by atoms with Crippen molar-refractivity contribution in [3.63, 3.8) is 0 Å². The third-order valence-electron chi connectivity index (χ3n) is 4.41. The zero-order valence-electron chi connectivity index (χ0n) is 16.0. The molecule has 0 unspecified atom stereocenters. The molecular formula is C20H30N2O3. The van der Waals surface area contributed by atoms with Crippen LogP contribution in [0.1, 0.15) is 45.2 Å². The van der Waals surface area contributed by atoms with E-state index in [2.05, 4.69) is 0 Å². The third-order valence-corrected chi connectivity index (χ3v) is 4.41. The van der Waals surface area contributed by atoms with Crippen LogP contribution in [0.3, 0.4) is 0 Å². The van der Waals surface area contributed by atoms with Crippen molar-refractivity contribution in [1.82, 2.24) is 9.80 Å². The summed E-state index contributed by atoms with van der Waals surface area (Å²) in [4.78, 5) is 29.0. The molecule has 0 spiro atoms. The van der Waals surface area contributed by atoms with E-state index in [-0.39, 0.29) is 23.8 Å². The summed E-state index contributed by atoms with van der Waals surface area (Å²) in [6, 6.07) is 9.53. The summed E-state index contributed by atoms with van der Waals surface area (Å²) in [5.74, 6) is -0.163. The second-order valence-electron chi connectivity index (χ2n) is 7.91. The van der Waals surface area contributed by atoms with Crippen molar-refractivity contribution in [1.29, 1.82) is 0 Å². The topological polar surface area (TPSA) is 49.9 Å². The smallest absolute Gasteiger partial charge is 0.309 e. The fourth-order valence-corrected chi connectivity index (χ4v) is 3.19. The Kier molecular flexibility index (Phi) is 6.22. The first kappa shape index (κ1) is 19.4. The van der Waals surface area contributed by atoms with Gasteiger partial charge in [0.25, 0.3) is 0 Å². The highest BCUT2D eigenvalue weighted by molar-refractivity contribution is 5.83. The Labute approximate surface area is 150 Å². The molecular weight excluding hydrogens is 316 g/mol. The minimum atomic E-state index is -0.465. The Morgan fingerprint density at radius 2 is 1.68 bits per heavy atom. The number of rotatable bonds is 4. The standard InChI is InChI=1S/C20H30N2O3/c1-20(2,3)25-19(24)16-11-13-22(14-12-16)18(23)17(21(4)5)15-9-7-6-8-10-15/h6-10,16-17H,11-14H2,1-5H3/t17-/m1/s1. The Morgan fingerprint density at radius 3 is 2.16 bits per heavy atom. The molecule has 5 heteroatoms. The quantitative estimate of drug-likeness (QED) is 0.787. The predicted molar refractivity (Wildman–Crippen MR) is 98.0 cm³/mol. The molecule has 1 aliphatic rings. The molecule has 0 N–H and O–H groups in total. The van der Waals surface area contributed by atoms with Crippen molar-refractivity contribution in [3.8, 4) is 0 Å². The van der Waals surface area contributed by atoms with Crippen LogP contribution in [0.2, 0.25) is 0 Å². The Balaban J connectivity index is 1.99.